The molecule has 3 nitrogen and oxygen atoms in total. The van der Waals surface area contributed by atoms with Crippen LogP contribution in [0.3, 0.4) is 0 Å². The standard InChI is InChI=1S/C33H31N3/c1-35(2)30-18-14-27(15-19-30)32-22-29(23-33(34-32)28-16-20-31(21-17-28)36(3)4)26-12-10-25(11-13-26)24-8-6-5-7-9-24/h5-23H,1-4H3. The second kappa shape index (κ2) is 10.1. The highest BCUT2D eigenvalue weighted by molar-refractivity contribution is 5.78. The zero-order chi connectivity index (χ0) is 25.1. The van der Waals surface area contributed by atoms with Gasteiger partial charge in [-0.15, -0.1) is 0 Å². The molecule has 0 aliphatic rings. The van der Waals surface area contributed by atoms with E-state index in [1.54, 1.807) is 0 Å². The van der Waals surface area contributed by atoms with Crippen LogP contribution in [0.4, 0.5) is 11.4 Å². The second-order valence-electron chi connectivity index (χ2n) is 9.45. The molecule has 0 aliphatic carbocycles. The van der Waals surface area contributed by atoms with Crippen molar-refractivity contribution >= 4 is 11.4 Å². The number of nitrogens with zero attached hydrogens (tertiary/aromatic N) is 3. The lowest BCUT2D eigenvalue weighted by molar-refractivity contribution is 1.13. The van der Waals surface area contributed by atoms with Gasteiger partial charge in [0.15, 0.2) is 0 Å². The van der Waals surface area contributed by atoms with E-state index in [2.05, 4.69) is 147 Å². The monoisotopic (exact) mass is 469 g/mol. The van der Waals surface area contributed by atoms with Gasteiger partial charge in [0.2, 0.25) is 0 Å². The summed E-state index contributed by atoms with van der Waals surface area (Å²) >= 11 is 0. The fourth-order valence-corrected chi connectivity index (χ4v) is 4.34. The zero-order valence-electron chi connectivity index (χ0n) is 21.3. The first-order chi connectivity index (χ1) is 17.5. The molecule has 0 bridgehead atoms. The average molecular weight is 470 g/mol. The van der Waals surface area contributed by atoms with E-state index in [0.29, 0.717) is 0 Å². The van der Waals surface area contributed by atoms with Crippen LogP contribution in [0.2, 0.25) is 0 Å². The third-order valence-electron chi connectivity index (χ3n) is 6.51. The molecular weight excluding hydrogens is 438 g/mol. The van der Waals surface area contributed by atoms with Crippen LogP contribution >= 0.6 is 0 Å². The van der Waals surface area contributed by atoms with Crippen LogP contribution in [0.15, 0.2) is 115 Å². The quantitative estimate of drug-likeness (QED) is 0.252. The van der Waals surface area contributed by atoms with Gasteiger partial charge in [-0.05, 0) is 58.7 Å². The lowest BCUT2D eigenvalue weighted by Gasteiger charge is -2.15. The SMILES string of the molecule is CN(C)c1ccc(-c2cc(-c3ccc(-c4ccccc4)cc3)cc(-c3ccc(N(C)C)cc3)n2)cc1. The number of hydrogen-bond acceptors (Lipinski definition) is 3. The molecule has 0 radical (unpaired) electrons. The van der Waals surface area contributed by atoms with E-state index < -0.39 is 0 Å². The Balaban J connectivity index is 1.58. The van der Waals surface area contributed by atoms with Gasteiger partial charge in [0.1, 0.15) is 0 Å². The molecule has 0 aliphatic heterocycles. The summed E-state index contributed by atoms with van der Waals surface area (Å²) in [5.41, 5.74) is 11.3. The first-order valence-corrected chi connectivity index (χ1v) is 12.2. The summed E-state index contributed by atoms with van der Waals surface area (Å²) in [7, 11) is 8.23. The maximum absolute atomic E-state index is 5.09. The molecule has 5 rings (SSSR count). The molecule has 0 fully saturated rings. The van der Waals surface area contributed by atoms with Crippen molar-refractivity contribution in [1.82, 2.24) is 4.98 Å². The fourth-order valence-electron chi connectivity index (χ4n) is 4.34. The van der Waals surface area contributed by atoms with E-state index in [1.807, 2.05) is 6.07 Å². The summed E-state index contributed by atoms with van der Waals surface area (Å²) < 4.78 is 0. The van der Waals surface area contributed by atoms with Crippen LogP contribution < -0.4 is 9.80 Å². The van der Waals surface area contributed by atoms with Crippen molar-refractivity contribution in [2.45, 2.75) is 0 Å². The molecule has 0 N–H and O–H groups in total. The average Bonchev–Trinajstić information content (AvgIpc) is 2.93. The van der Waals surface area contributed by atoms with E-state index >= 15 is 0 Å². The summed E-state index contributed by atoms with van der Waals surface area (Å²) in [6.07, 6.45) is 0. The predicted octanol–water partition coefficient (Wildman–Crippen LogP) is 7.88. The first kappa shape index (κ1) is 23.4. The van der Waals surface area contributed by atoms with E-state index in [9.17, 15) is 0 Å². The summed E-state index contributed by atoms with van der Waals surface area (Å²) in [5, 5.41) is 0. The molecule has 3 heteroatoms. The lowest BCUT2D eigenvalue weighted by atomic mass is 9.97. The Labute approximate surface area is 214 Å². The number of hydrogen-bond donors (Lipinski definition) is 0. The van der Waals surface area contributed by atoms with Gasteiger partial charge in [0, 0.05) is 50.7 Å². The smallest absolute Gasteiger partial charge is 0.0715 e. The van der Waals surface area contributed by atoms with Crippen LogP contribution in [0.25, 0.3) is 44.8 Å². The van der Waals surface area contributed by atoms with Gasteiger partial charge in [0.05, 0.1) is 11.4 Å². The van der Waals surface area contributed by atoms with Gasteiger partial charge in [-0.2, -0.15) is 0 Å². The predicted molar refractivity (Wildman–Crippen MR) is 155 cm³/mol. The maximum atomic E-state index is 5.09. The van der Waals surface area contributed by atoms with E-state index in [-0.39, 0.29) is 0 Å². The highest BCUT2D eigenvalue weighted by atomic mass is 15.1. The molecule has 0 saturated heterocycles. The van der Waals surface area contributed by atoms with Crippen molar-refractivity contribution in [3.05, 3.63) is 115 Å². The normalized spacial score (nSPS) is 10.8. The molecule has 0 spiro atoms. The minimum atomic E-state index is 0.969. The number of pyridine rings is 1. The Hall–Kier alpha value is -4.37. The molecule has 1 heterocycles. The Bertz CT molecular complexity index is 1360. The molecule has 4 aromatic carbocycles. The van der Waals surface area contributed by atoms with Gasteiger partial charge >= 0.3 is 0 Å². The van der Waals surface area contributed by atoms with E-state index in [4.69, 9.17) is 4.98 Å². The van der Waals surface area contributed by atoms with Gasteiger partial charge in [-0.25, -0.2) is 4.98 Å². The third-order valence-corrected chi connectivity index (χ3v) is 6.51. The zero-order valence-corrected chi connectivity index (χ0v) is 21.3. The molecule has 0 atom stereocenters. The highest BCUT2D eigenvalue weighted by Gasteiger charge is 2.10. The van der Waals surface area contributed by atoms with Crippen LogP contribution in [0.1, 0.15) is 0 Å². The van der Waals surface area contributed by atoms with Gasteiger partial charge in [-0.3, -0.25) is 0 Å². The Morgan fingerprint density at radius 3 is 1.17 bits per heavy atom. The molecular formula is C33H31N3. The number of anilines is 2. The molecule has 0 unspecified atom stereocenters. The van der Waals surface area contributed by atoms with Crippen LogP contribution in [-0.4, -0.2) is 33.2 Å². The fraction of sp³-hybridized carbons (Fsp3) is 0.121. The van der Waals surface area contributed by atoms with Crippen LogP contribution in [-0.2, 0) is 0 Å². The Kier molecular flexibility index (Phi) is 6.55. The Morgan fingerprint density at radius 2 is 0.750 bits per heavy atom. The molecule has 0 saturated carbocycles. The van der Waals surface area contributed by atoms with Crippen molar-refractivity contribution in [2.75, 3.05) is 38.0 Å². The highest BCUT2D eigenvalue weighted by Crippen LogP contribution is 2.32. The van der Waals surface area contributed by atoms with E-state index in [0.717, 1.165) is 28.1 Å². The minimum absolute atomic E-state index is 0.969. The molecule has 1 aromatic heterocycles. The van der Waals surface area contributed by atoms with Gasteiger partial charge in [-0.1, -0.05) is 78.9 Å². The first-order valence-electron chi connectivity index (χ1n) is 12.2. The second-order valence-corrected chi connectivity index (χ2v) is 9.45. The van der Waals surface area contributed by atoms with Crippen molar-refractivity contribution in [3.8, 4) is 44.8 Å². The molecule has 36 heavy (non-hydrogen) atoms. The number of aromatic nitrogens is 1. The topological polar surface area (TPSA) is 19.4 Å². The maximum Gasteiger partial charge on any atom is 0.0715 e. The van der Waals surface area contributed by atoms with Gasteiger partial charge < -0.3 is 9.80 Å². The van der Waals surface area contributed by atoms with Gasteiger partial charge in [0.25, 0.3) is 0 Å². The molecule has 5 aromatic rings. The number of benzene rings is 4. The Morgan fingerprint density at radius 1 is 0.389 bits per heavy atom. The number of rotatable bonds is 6. The summed E-state index contributed by atoms with van der Waals surface area (Å²) in [6.45, 7) is 0. The molecule has 0 amide bonds. The summed E-state index contributed by atoms with van der Waals surface area (Å²) in [4.78, 5) is 9.31. The van der Waals surface area contributed by atoms with Crippen LogP contribution in [0.5, 0.6) is 0 Å². The van der Waals surface area contributed by atoms with E-state index in [1.165, 1.54) is 28.1 Å². The van der Waals surface area contributed by atoms with Crippen LogP contribution in [0, 0.1) is 0 Å². The summed E-state index contributed by atoms with van der Waals surface area (Å²) in [5.74, 6) is 0. The largest absolute Gasteiger partial charge is 0.378 e. The van der Waals surface area contributed by atoms with Crippen molar-refractivity contribution < 1.29 is 0 Å². The third kappa shape index (κ3) is 5.01. The lowest BCUT2D eigenvalue weighted by Crippen LogP contribution is -2.08. The minimum Gasteiger partial charge on any atom is -0.378 e. The van der Waals surface area contributed by atoms with Crippen molar-refractivity contribution in [3.63, 3.8) is 0 Å². The van der Waals surface area contributed by atoms with Crippen molar-refractivity contribution in [1.29, 1.82) is 0 Å². The molecule has 178 valence electrons. The summed E-state index contributed by atoms with van der Waals surface area (Å²) in [6, 6.07) is 40.9. The van der Waals surface area contributed by atoms with Crippen molar-refractivity contribution in [2.24, 2.45) is 0 Å².